The Morgan fingerprint density at radius 2 is 1.96 bits per heavy atom. The van der Waals surface area contributed by atoms with Crippen molar-refractivity contribution in [3.63, 3.8) is 0 Å². The third kappa shape index (κ3) is 2.76. The Bertz CT molecular complexity index is 670. The molecule has 1 aliphatic heterocycles. The highest BCUT2D eigenvalue weighted by Crippen LogP contribution is 2.44. The Morgan fingerprint density at radius 3 is 2.54 bits per heavy atom. The number of nitrogens with zero attached hydrogens (tertiary/aromatic N) is 2. The Labute approximate surface area is 142 Å². The Morgan fingerprint density at radius 1 is 1.17 bits per heavy atom. The number of amides is 2. The molecule has 3 aliphatic rings. The molecule has 0 unspecified atom stereocenters. The van der Waals surface area contributed by atoms with Gasteiger partial charge in [0.05, 0.1) is 0 Å². The number of hydrogen-bond acceptors (Lipinski definition) is 2. The lowest BCUT2D eigenvalue weighted by Gasteiger charge is -2.35. The summed E-state index contributed by atoms with van der Waals surface area (Å²) in [6, 6.07) is 3.87. The van der Waals surface area contributed by atoms with Gasteiger partial charge in [0, 0.05) is 38.3 Å². The highest BCUT2D eigenvalue weighted by molar-refractivity contribution is 5.92. The maximum Gasteiger partial charge on any atom is 0.268 e. The van der Waals surface area contributed by atoms with E-state index in [0.29, 0.717) is 23.4 Å². The fraction of sp³-hybridized carbons (Fsp3) is 0.579. The number of fused-ring (bicyclic) bond motifs is 2. The third-order valence-electron chi connectivity index (χ3n) is 5.91. The molecule has 5 nitrogen and oxygen atoms in total. The van der Waals surface area contributed by atoms with Crippen molar-refractivity contribution in [2.45, 2.75) is 31.7 Å². The standard InChI is InChI=1S/C19H25N3O2/c1-21-8-2-3-17(21)18(23)20-15-6-9-22(10-7-15)19(24)16-12-13-4-5-14(16)11-13/h2-5,8,13-16H,6-7,9-12H2,1H3,(H,20,23)/t13-,14-,16+/m0/s1. The van der Waals surface area contributed by atoms with Crippen molar-refractivity contribution >= 4 is 11.8 Å². The van der Waals surface area contributed by atoms with Gasteiger partial charge in [-0.3, -0.25) is 9.59 Å². The van der Waals surface area contributed by atoms with Gasteiger partial charge >= 0.3 is 0 Å². The van der Waals surface area contributed by atoms with Crippen LogP contribution in [0.1, 0.15) is 36.2 Å². The highest BCUT2D eigenvalue weighted by atomic mass is 16.2. The highest BCUT2D eigenvalue weighted by Gasteiger charge is 2.42. The second kappa shape index (κ2) is 6.11. The molecule has 1 saturated heterocycles. The molecule has 2 bridgehead atoms. The number of nitrogens with one attached hydrogen (secondary N) is 1. The maximum atomic E-state index is 12.8. The van der Waals surface area contributed by atoms with Gasteiger partial charge in [-0.25, -0.2) is 0 Å². The molecule has 24 heavy (non-hydrogen) atoms. The Balaban J connectivity index is 1.29. The van der Waals surface area contributed by atoms with Crippen molar-refractivity contribution in [1.29, 1.82) is 0 Å². The maximum absolute atomic E-state index is 12.8. The predicted octanol–water partition coefficient (Wildman–Crippen LogP) is 1.96. The summed E-state index contributed by atoms with van der Waals surface area (Å²) in [7, 11) is 1.87. The summed E-state index contributed by atoms with van der Waals surface area (Å²) in [6.07, 6.45) is 10.3. The molecule has 2 fully saturated rings. The molecule has 2 heterocycles. The number of likely N-dealkylation sites (tertiary alicyclic amines) is 1. The van der Waals surface area contributed by atoms with Gasteiger partial charge in [-0.2, -0.15) is 0 Å². The minimum absolute atomic E-state index is 0.0227. The number of piperidine rings is 1. The Kier molecular flexibility index (Phi) is 3.94. The van der Waals surface area contributed by atoms with Crippen LogP contribution < -0.4 is 5.32 Å². The van der Waals surface area contributed by atoms with Crippen LogP contribution in [0.4, 0.5) is 0 Å². The molecule has 128 valence electrons. The van der Waals surface area contributed by atoms with E-state index < -0.39 is 0 Å². The number of hydrogen-bond donors (Lipinski definition) is 1. The molecule has 2 amide bonds. The quantitative estimate of drug-likeness (QED) is 0.863. The number of carbonyl (C=O) groups is 2. The number of rotatable bonds is 3. The molecule has 0 aromatic carbocycles. The summed E-state index contributed by atoms with van der Waals surface area (Å²) in [4.78, 5) is 27.1. The summed E-state index contributed by atoms with van der Waals surface area (Å²) < 4.78 is 1.83. The topological polar surface area (TPSA) is 54.3 Å². The second-order valence-electron chi connectivity index (χ2n) is 7.46. The molecule has 0 radical (unpaired) electrons. The molecule has 0 spiro atoms. The summed E-state index contributed by atoms with van der Waals surface area (Å²) in [5, 5.41) is 3.11. The first-order chi connectivity index (χ1) is 11.6. The van der Waals surface area contributed by atoms with Crippen LogP contribution in [0.3, 0.4) is 0 Å². The van der Waals surface area contributed by atoms with Crippen molar-refractivity contribution in [2.24, 2.45) is 24.8 Å². The molecule has 1 aromatic heterocycles. The molecule has 5 heteroatoms. The molecule has 1 N–H and O–H groups in total. The van der Waals surface area contributed by atoms with Gasteiger partial charge in [0.25, 0.3) is 5.91 Å². The predicted molar refractivity (Wildman–Crippen MR) is 91.3 cm³/mol. The van der Waals surface area contributed by atoms with E-state index in [2.05, 4.69) is 17.5 Å². The van der Waals surface area contributed by atoms with Gasteiger partial charge in [-0.05, 0) is 49.7 Å². The van der Waals surface area contributed by atoms with E-state index in [1.54, 1.807) is 0 Å². The molecule has 2 aliphatic carbocycles. The van der Waals surface area contributed by atoms with Gasteiger partial charge < -0.3 is 14.8 Å². The minimum atomic E-state index is -0.0227. The zero-order valence-corrected chi connectivity index (χ0v) is 14.1. The van der Waals surface area contributed by atoms with Gasteiger partial charge in [-0.1, -0.05) is 12.2 Å². The first-order valence-electron chi connectivity index (χ1n) is 9.01. The third-order valence-corrected chi connectivity index (χ3v) is 5.91. The monoisotopic (exact) mass is 327 g/mol. The van der Waals surface area contributed by atoms with Crippen LogP contribution >= 0.6 is 0 Å². The average Bonchev–Trinajstić information content (AvgIpc) is 3.31. The van der Waals surface area contributed by atoms with Crippen LogP contribution in [0.2, 0.25) is 0 Å². The first kappa shape index (κ1) is 15.5. The second-order valence-corrected chi connectivity index (χ2v) is 7.46. The lowest BCUT2D eigenvalue weighted by Crippen LogP contribution is -2.48. The van der Waals surface area contributed by atoms with Crippen LogP contribution in [-0.2, 0) is 11.8 Å². The summed E-state index contributed by atoms with van der Waals surface area (Å²) in [6.45, 7) is 1.52. The minimum Gasteiger partial charge on any atom is -0.348 e. The SMILES string of the molecule is Cn1cccc1C(=O)NC1CCN(C(=O)[C@@H]2C[C@H]3C=C[C@H]2C3)CC1. The van der Waals surface area contributed by atoms with Gasteiger partial charge in [0.2, 0.25) is 5.91 Å². The summed E-state index contributed by atoms with van der Waals surface area (Å²) in [5.41, 5.74) is 0.683. The largest absolute Gasteiger partial charge is 0.348 e. The molecular formula is C19H25N3O2. The lowest BCUT2D eigenvalue weighted by atomic mass is 9.91. The number of aromatic nitrogens is 1. The summed E-state index contributed by atoms with van der Waals surface area (Å²) >= 11 is 0. The van der Waals surface area contributed by atoms with Crippen LogP contribution in [0.15, 0.2) is 30.5 Å². The van der Waals surface area contributed by atoms with E-state index in [9.17, 15) is 9.59 Å². The van der Waals surface area contributed by atoms with Crippen LogP contribution in [0.5, 0.6) is 0 Å². The van der Waals surface area contributed by atoms with Crippen molar-refractivity contribution in [3.05, 3.63) is 36.2 Å². The lowest BCUT2D eigenvalue weighted by molar-refractivity contribution is -0.137. The van der Waals surface area contributed by atoms with Gasteiger partial charge in [0.15, 0.2) is 0 Å². The zero-order chi connectivity index (χ0) is 16.7. The Hall–Kier alpha value is -2.04. The van der Waals surface area contributed by atoms with E-state index in [1.807, 2.05) is 34.8 Å². The van der Waals surface area contributed by atoms with Crippen LogP contribution in [-0.4, -0.2) is 40.4 Å². The van der Waals surface area contributed by atoms with Crippen LogP contribution in [0, 0.1) is 17.8 Å². The first-order valence-corrected chi connectivity index (χ1v) is 9.01. The number of aryl methyl sites for hydroxylation is 1. The van der Waals surface area contributed by atoms with E-state index in [0.717, 1.165) is 32.4 Å². The van der Waals surface area contributed by atoms with E-state index in [4.69, 9.17) is 0 Å². The van der Waals surface area contributed by atoms with E-state index in [-0.39, 0.29) is 17.9 Å². The smallest absolute Gasteiger partial charge is 0.268 e. The molecule has 4 rings (SSSR count). The zero-order valence-electron chi connectivity index (χ0n) is 14.1. The van der Waals surface area contributed by atoms with Crippen LogP contribution in [0.25, 0.3) is 0 Å². The molecule has 3 atom stereocenters. The van der Waals surface area contributed by atoms with Crippen molar-refractivity contribution in [3.8, 4) is 0 Å². The van der Waals surface area contributed by atoms with E-state index >= 15 is 0 Å². The normalized spacial score (nSPS) is 29.2. The summed E-state index contributed by atoms with van der Waals surface area (Å²) in [5.74, 6) is 1.61. The van der Waals surface area contributed by atoms with Gasteiger partial charge in [0.1, 0.15) is 5.69 Å². The molecule has 1 aromatic rings. The van der Waals surface area contributed by atoms with Crippen molar-refractivity contribution in [2.75, 3.05) is 13.1 Å². The molecular weight excluding hydrogens is 302 g/mol. The number of carbonyl (C=O) groups excluding carboxylic acids is 2. The number of allylic oxidation sites excluding steroid dienone is 2. The fourth-order valence-electron chi connectivity index (χ4n) is 4.50. The van der Waals surface area contributed by atoms with Crippen molar-refractivity contribution < 1.29 is 9.59 Å². The van der Waals surface area contributed by atoms with Crippen molar-refractivity contribution in [1.82, 2.24) is 14.8 Å². The van der Waals surface area contributed by atoms with Gasteiger partial charge in [-0.15, -0.1) is 0 Å². The fourth-order valence-corrected chi connectivity index (χ4v) is 4.50. The molecule has 1 saturated carbocycles. The average molecular weight is 327 g/mol. The van der Waals surface area contributed by atoms with E-state index in [1.165, 1.54) is 6.42 Å².